The van der Waals surface area contributed by atoms with Gasteiger partial charge in [-0.25, -0.2) is 0 Å². The van der Waals surface area contributed by atoms with E-state index in [1.54, 1.807) is 4.90 Å². The predicted octanol–water partition coefficient (Wildman–Crippen LogP) is 5.12. The van der Waals surface area contributed by atoms with Crippen LogP contribution in [0.2, 0.25) is 0 Å². The van der Waals surface area contributed by atoms with Crippen LogP contribution in [-0.2, 0) is 4.79 Å². The summed E-state index contributed by atoms with van der Waals surface area (Å²) in [6, 6.07) is 16.0. The van der Waals surface area contributed by atoms with Crippen molar-refractivity contribution in [3.8, 4) is 0 Å². The SMILES string of the molecule is CCN1/C(=C2\SC(=S)N(c3ccccc3)C2=O)C=Cc2cc(C)ccc21. The molecule has 4 rings (SSSR count). The molecule has 0 atom stereocenters. The molecule has 0 spiro atoms. The van der Waals surface area contributed by atoms with Gasteiger partial charge in [0.2, 0.25) is 0 Å². The molecule has 130 valence electrons. The van der Waals surface area contributed by atoms with Crippen LogP contribution in [0.15, 0.2) is 65.2 Å². The Morgan fingerprint density at radius 1 is 1.08 bits per heavy atom. The van der Waals surface area contributed by atoms with Gasteiger partial charge < -0.3 is 4.90 Å². The van der Waals surface area contributed by atoms with Crippen molar-refractivity contribution in [3.05, 3.63) is 76.3 Å². The van der Waals surface area contributed by atoms with E-state index >= 15 is 0 Å². The minimum Gasteiger partial charge on any atom is -0.340 e. The number of carbonyl (C=O) groups is 1. The van der Waals surface area contributed by atoms with Crippen LogP contribution in [0.1, 0.15) is 18.1 Å². The first-order valence-electron chi connectivity index (χ1n) is 8.52. The van der Waals surface area contributed by atoms with Crippen LogP contribution in [0.4, 0.5) is 11.4 Å². The summed E-state index contributed by atoms with van der Waals surface area (Å²) in [5.74, 6) is -0.0557. The third-order valence-electron chi connectivity index (χ3n) is 4.52. The van der Waals surface area contributed by atoms with Gasteiger partial charge in [-0.1, -0.05) is 59.9 Å². The van der Waals surface area contributed by atoms with Gasteiger partial charge in [0.25, 0.3) is 5.91 Å². The summed E-state index contributed by atoms with van der Waals surface area (Å²) in [5, 5.41) is 0. The first kappa shape index (κ1) is 17.1. The third-order valence-corrected chi connectivity index (χ3v) is 5.90. The van der Waals surface area contributed by atoms with Crippen LogP contribution >= 0.6 is 24.0 Å². The zero-order chi connectivity index (χ0) is 18.3. The normalized spacial score (nSPS) is 19.3. The van der Waals surface area contributed by atoms with E-state index in [2.05, 4.69) is 43.0 Å². The number of anilines is 2. The van der Waals surface area contributed by atoms with E-state index < -0.39 is 0 Å². The summed E-state index contributed by atoms with van der Waals surface area (Å²) < 4.78 is 0.572. The lowest BCUT2D eigenvalue weighted by atomic mass is 10.0. The number of fused-ring (bicyclic) bond motifs is 1. The van der Waals surface area contributed by atoms with E-state index in [1.807, 2.05) is 36.4 Å². The summed E-state index contributed by atoms with van der Waals surface area (Å²) >= 11 is 6.88. The molecular weight excluding hydrogens is 360 g/mol. The number of amides is 1. The zero-order valence-corrected chi connectivity index (χ0v) is 16.2. The molecule has 0 bridgehead atoms. The Bertz CT molecular complexity index is 963. The second-order valence-electron chi connectivity index (χ2n) is 6.20. The van der Waals surface area contributed by atoms with Crippen molar-refractivity contribution >= 4 is 51.7 Å². The molecule has 5 heteroatoms. The second-order valence-corrected chi connectivity index (χ2v) is 7.84. The number of allylic oxidation sites excluding steroid dienone is 1. The number of nitrogens with zero attached hydrogens (tertiary/aromatic N) is 2. The van der Waals surface area contributed by atoms with Crippen molar-refractivity contribution in [3.63, 3.8) is 0 Å². The Morgan fingerprint density at radius 2 is 1.85 bits per heavy atom. The maximum atomic E-state index is 13.1. The highest BCUT2D eigenvalue weighted by atomic mass is 32.2. The van der Waals surface area contributed by atoms with Gasteiger partial charge in [-0.05, 0) is 49.8 Å². The molecule has 1 fully saturated rings. The predicted molar refractivity (Wildman–Crippen MR) is 114 cm³/mol. The largest absolute Gasteiger partial charge is 0.340 e. The van der Waals surface area contributed by atoms with Crippen molar-refractivity contribution < 1.29 is 4.79 Å². The molecule has 3 nitrogen and oxygen atoms in total. The highest BCUT2D eigenvalue weighted by Crippen LogP contribution is 2.41. The third kappa shape index (κ3) is 2.77. The average molecular weight is 379 g/mol. The molecule has 2 aromatic carbocycles. The second kappa shape index (κ2) is 6.74. The monoisotopic (exact) mass is 378 g/mol. The molecule has 2 aliphatic rings. The minimum atomic E-state index is -0.0557. The van der Waals surface area contributed by atoms with Crippen molar-refractivity contribution in [1.29, 1.82) is 0 Å². The molecule has 1 saturated heterocycles. The number of rotatable bonds is 2. The smallest absolute Gasteiger partial charge is 0.272 e. The summed E-state index contributed by atoms with van der Waals surface area (Å²) in [6.07, 6.45) is 4.11. The van der Waals surface area contributed by atoms with E-state index in [1.165, 1.54) is 22.9 Å². The average Bonchev–Trinajstić information content (AvgIpc) is 2.95. The molecule has 2 aliphatic heterocycles. The van der Waals surface area contributed by atoms with Gasteiger partial charge >= 0.3 is 0 Å². The summed E-state index contributed by atoms with van der Waals surface area (Å²) in [5.41, 5.74) is 5.25. The van der Waals surface area contributed by atoms with Crippen LogP contribution in [0, 0.1) is 6.92 Å². The molecular formula is C21H18N2OS2. The van der Waals surface area contributed by atoms with Crippen LogP contribution in [-0.4, -0.2) is 16.8 Å². The molecule has 0 radical (unpaired) electrons. The van der Waals surface area contributed by atoms with Crippen molar-refractivity contribution in [1.82, 2.24) is 0 Å². The fraction of sp³-hybridized carbons (Fsp3) is 0.143. The van der Waals surface area contributed by atoms with Gasteiger partial charge in [-0.2, -0.15) is 0 Å². The van der Waals surface area contributed by atoms with Crippen LogP contribution in [0.5, 0.6) is 0 Å². The highest BCUT2D eigenvalue weighted by Gasteiger charge is 2.37. The summed E-state index contributed by atoms with van der Waals surface area (Å²) in [6.45, 7) is 4.97. The van der Waals surface area contributed by atoms with Gasteiger partial charge in [0.05, 0.1) is 11.4 Å². The van der Waals surface area contributed by atoms with E-state index in [0.29, 0.717) is 9.23 Å². The van der Waals surface area contributed by atoms with Crippen molar-refractivity contribution in [2.45, 2.75) is 13.8 Å². The highest BCUT2D eigenvalue weighted by molar-refractivity contribution is 8.27. The van der Waals surface area contributed by atoms with E-state index in [-0.39, 0.29) is 5.91 Å². The lowest BCUT2D eigenvalue weighted by Gasteiger charge is -2.30. The molecule has 0 aliphatic carbocycles. The number of thiocarbonyl (C=S) groups is 1. The number of likely N-dealkylation sites (N-methyl/N-ethyl adjacent to an activating group) is 1. The number of thioether (sulfide) groups is 1. The van der Waals surface area contributed by atoms with Crippen molar-refractivity contribution in [2.24, 2.45) is 0 Å². The Balaban J connectivity index is 1.79. The Kier molecular flexibility index (Phi) is 4.42. The lowest BCUT2D eigenvalue weighted by molar-refractivity contribution is -0.113. The number of hydrogen-bond donors (Lipinski definition) is 0. The van der Waals surface area contributed by atoms with Gasteiger partial charge in [0, 0.05) is 12.2 Å². The molecule has 0 unspecified atom stereocenters. The Hall–Kier alpha value is -2.37. The molecule has 0 saturated carbocycles. The molecule has 2 aromatic rings. The Labute approximate surface area is 163 Å². The van der Waals surface area contributed by atoms with Gasteiger partial charge in [0.1, 0.15) is 4.91 Å². The number of hydrogen-bond acceptors (Lipinski definition) is 4. The zero-order valence-electron chi connectivity index (χ0n) is 14.6. The van der Waals surface area contributed by atoms with Gasteiger partial charge in [-0.3, -0.25) is 9.69 Å². The van der Waals surface area contributed by atoms with Crippen molar-refractivity contribution in [2.75, 3.05) is 16.3 Å². The maximum Gasteiger partial charge on any atom is 0.272 e. The first-order valence-corrected chi connectivity index (χ1v) is 9.74. The summed E-state index contributed by atoms with van der Waals surface area (Å²) in [4.78, 5) is 17.6. The number of aryl methyl sites for hydroxylation is 1. The fourth-order valence-corrected chi connectivity index (χ4v) is 4.66. The van der Waals surface area contributed by atoms with Crippen LogP contribution in [0.25, 0.3) is 6.08 Å². The molecule has 0 N–H and O–H groups in total. The van der Waals surface area contributed by atoms with E-state index in [4.69, 9.17) is 12.2 Å². The number of carbonyl (C=O) groups excluding carboxylic acids is 1. The minimum absolute atomic E-state index is 0.0557. The fourth-order valence-electron chi connectivity index (χ4n) is 3.30. The van der Waals surface area contributed by atoms with Crippen LogP contribution < -0.4 is 9.80 Å². The van der Waals surface area contributed by atoms with Crippen LogP contribution in [0.3, 0.4) is 0 Å². The van der Waals surface area contributed by atoms with E-state index in [0.717, 1.165) is 23.6 Å². The topological polar surface area (TPSA) is 23.6 Å². The first-order chi connectivity index (χ1) is 12.6. The summed E-state index contributed by atoms with van der Waals surface area (Å²) in [7, 11) is 0. The molecule has 0 aromatic heterocycles. The maximum absolute atomic E-state index is 13.1. The molecule has 2 heterocycles. The molecule has 1 amide bonds. The standard InChI is InChI=1S/C21H18N2OS2/c1-3-22-17-11-9-14(2)13-15(17)10-12-18(22)19-20(24)23(21(25)26-19)16-7-5-4-6-8-16/h4-13H,3H2,1-2H3/b19-18-. The number of para-hydroxylation sites is 1. The molecule has 26 heavy (non-hydrogen) atoms. The van der Waals surface area contributed by atoms with Gasteiger partial charge in [-0.15, -0.1) is 0 Å². The quantitative estimate of drug-likeness (QED) is 0.534. The lowest BCUT2D eigenvalue weighted by Crippen LogP contribution is -2.30. The van der Waals surface area contributed by atoms with Gasteiger partial charge in [0.15, 0.2) is 4.32 Å². The Morgan fingerprint density at radius 3 is 2.58 bits per heavy atom. The number of benzene rings is 2. The van der Waals surface area contributed by atoms with E-state index in [9.17, 15) is 4.79 Å².